The van der Waals surface area contributed by atoms with E-state index >= 15 is 0 Å². The second kappa shape index (κ2) is 7.01. The monoisotopic (exact) mass is 319 g/mol. The van der Waals surface area contributed by atoms with Crippen molar-refractivity contribution in [1.29, 1.82) is 0 Å². The molecule has 2 nitrogen and oxygen atoms in total. The Kier molecular flexibility index (Phi) is 5.32. The predicted octanol–water partition coefficient (Wildman–Crippen LogP) is 5.40. The second-order valence-corrected chi connectivity index (χ2v) is 7.13. The van der Waals surface area contributed by atoms with E-state index in [0.717, 1.165) is 16.1 Å². The van der Waals surface area contributed by atoms with Crippen LogP contribution in [0.25, 0.3) is 0 Å². The molecular formula is C17H18ClNOS. The SMILES string of the molecule is Cc1cc(Cl)ccc1NC(=O)c1ccccc1SC(C)C. The van der Waals surface area contributed by atoms with Gasteiger partial charge in [-0.15, -0.1) is 11.8 Å². The Morgan fingerprint density at radius 3 is 2.57 bits per heavy atom. The van der Waals surface area contributed by atoms with Gasteiger partial charge in [-0.2, -0.15) is 0 Å². The standard InChI is InChI=1S/C17H18ClNOS/c1-11(2)21-16-7-5-4-6-14(16)17(20)19-15-9-8-13(18)10-12(15)3/h4-11H,1-3H3,(H,19,20). The van der Waals surface area contributed by atoms with Gasteiger partial charge in [-0.25, -0.2) is 0 Å². The van der Waals surface area contributed by atoms with Gasteiger partial charge in [0.25, 0.3) is 5.91 Å². The fraction of sp³-hybridized carbons (Fsp3) is 0.235. The maximum absolute atomic E-state index is 12.5. The minimum Gasteiger partial charge on any atom is -0.322 e. The molecule has 1 amide bonds. The summed E-state index contributed by atoms with van der Waals surface area (Å²) >= 11 is 7.63. The quantitative estimate of drug-likeness (QED) is 0.764. The summed E-state index contributed by atoms with van der Waals surface area (Å²) in [6.07, 6.45) is 0. The number of aryl methyl sites for hydroxylation is 1. The first kappa shape index (κ1) is 15.9. The van der Waals surface area contributed by atoms with Crippen molar-refractivity contribution in [2.24, 2.45) is 0 Å². The van der Waals surface area contributed by atoms with E-state index in [1.807, 2.05) is 43.3 Å². The average molecular weight is 320 g/mol. The smallest absolute Gasteiger partial charge is 0.256 e. The maximum Gasteiger partial charge on any atom is 0.256 e. The van der Waals surface area contributed by atoms with Crippen LogP contribution in [0.5, 0.6) is 0 Å². The lowest BCUT2D eigenvalue weighted by Gasteiger charge is -2.13. The molecule has 2 rings (SSSR count). The first-order valence-electron chi connectivity index (χ1n) is 6.80. The lowest BCUT2D eigenvalue weighted by Crippen LogP contribution is -2.14. The minimum atomic E-state index is -0.0934. The summed E-state index contributed by atoms with van der Waals surface area (Å²) in [6, 6.07) is 13.1. The summed E-state index contributed by atoms with van der Waals surface area (Å²) < 4.78 is 0. The summed E-state index contributed by atoms with van der Waals surface area (Å²) in [4.78, 5) is 13.5. The van der Waals surface area contributed by atoms with Crippen molar-refractivity contribution >= 4 is 35.0 Å². The molecule has 4 heteroatoms. The molecule has 0 saturated carbocycles. The molecule has 0 atom stereocenters. The number of thioether (sulfide) groups is 1. The second-order valence-electron chi connectivity index (χ2n) is 5.08. The summed E-state index contributed by atoms with van der Waals surface area (Å²) in [7, 11) is 0. The van der Waals surface area contributed by atoms with Crippen molar-refractivity contribution < 1.29 is 4.79 Å². The number of anilines is 1. The lowest BCUT2D eigenvalue weighted by molar-refractivity contribution is 0.102. The highest BCUT2D eigenvalue weighted by molar-refractivity contribution is 8.00. The van der Waals surface area contributed by atoms with Gasteiger partial charge in [-0.3, -0.25) is 4.79 Å². The Balaban J connectivity index is 2.24. The molecule has 0 aliphatic carbocycles. The van der Waals surface area contributed by atoms with Gasteiger partial charge in [0.05, 0.1) is 5.56 Å². The van der Waals surface area contributed by atoms with Crippen LogP contribution in [0.4, 0.5) is 5.69 Å². The Morgan fingerprint density at radius 2 is 1.90 bits per heavy atom. The molecule has 0 aliphatic rings. The van der Waals surface area contributed by atoms with Crippen molar-refractivity contribution in [2.75, 3.05) is 5.32 Å². The third-order valence-corrected chi connectivity index (χ3v) is 4.25. The van der Waals surface area contributed by atoms with Crippen LogP contribution in [0.3, 0.4) is 0 Å². The average Bonchev–Trinajstić information content (AvgIpc) is 2.42. The van der Waals surface area contributed by atoms with Crippen LogP contribution in [0.15, 0.2) is 47.4 Å². The molecule has 2 aromatic rings. The van der Waals surface area contributed by atoms with Crippen molar-refractivity contribution in [3.05, 3.63) is 58.6 Å². The highest BCUT2D eigenvalue weighted by atomic mass is 35.5. The number of carbonyl (C=O) groups is 1. The van der Waals surface area contributed by atoms with Gasteiger partial charge in [0.15, 0.2) is 0 Å². The fourth-order valence-electron chi connectivity index (χ4n) is 1.97. The summed E-state index contributed by atoms with van der Waals surface area (Å²) in [6.45, 7) is 6.15. The van der Waals surface area contributed by atoms with Crippen LogP contribution in [0, 0.1) is 6.92 Å². The number of carbonyl (C=O) groups excluding carboxylic acids is 1. The van der Waals surface area contributed by atoms with Crippen molar-refractivity contribution in [2.45, 2.75) is 30.9 Å². The zero-order chi connectivity index (χ0) is 15.4. The van der Waals surface area contributed by atoms with E-state index in [1.54, 1.807) is 17.8 Å². The molecule has 0 radical (unpaired) electrons. The van der Waals surface area contributed by atoms with E-state index in [4.69, 9.17) is 11.6 Å². The van der Waals surface area contributed by atoms with E-state index in [1.165, 1.54) is 0 Å². The third-order valence-electron chi connectivity index (χ3n) is 2.93. The first-order valence-corrected chi connectivity index (χ1v) is 8.06. The molecule has 0 aliphatic heterocycles. The zero-order valence-corrected chi connectivity index (χ0v) is 13.9. The van der Waals surface area contributed by atoms with E-state index in [2.05, 4.69) is 19.2 Å². The summed E-state index contributed by atoms with van der Waals surface area (Å²) in [5.74, 6) is -0.0934. The summed E-state index contributed by atoms with van der Waals surface area (Å²) in [5.41, 5.74) is 2.43. The third kappa shape index (κ3) is 4.26. The Morgan fingerprint density at radius 1 is 1.19 bits per heavy atom. The number of nitrogens with one attached hydrogen (secondary N) is 1. The van der Waals surface area contributed by atoms with Crippen molar-refractivity contribution in [3.63, 3.8) is 0 Å². The van der Waals surface area contributed by atoms with Gasteiger partial charge >= 0.3 is 0 Å². The van der Waals surface area contributed by atoms with Crippen molar-refractivity contribution in [3.8, 4) is 0 Å². The largest absolute Gasteiger partial charge is 0.322 e. The molecule has 110 valence electrons. The Bertz CT molecular complexity index is 655. The zero-order valence-electron chi connectivity index (χ0n) is 12.3. The number of rotatable bonds is 4. The lowest BCUT2D eigenvalue weighted by atomic mass is 10.1. The van der Waals surface area contributed by atoms with Crippen LogP contribution >= 0.6 is 23.4 Å². The van der Waals surface area contributed by atoms with Gasteiger partial charge in [0.2, 0.25) is 0 Å². The van der Waals surface area contributed by atoms with Gasteiger partial charge in [-0.1, -0.05) is 37.6 Å². The fourth-order valence-corrected chi connectivity index (χ4v) is 3.15. The van der Waals surface area contributed by atoms with Crippen LogP contribution in [-0.4, -0.2) is 11.2 Å². The minimum absolute atomic E-state index is 0.0934. The van der Waals surface area contributed by atoms with E-state index in [0.29, 0.717) is 15.8 Å². The van der Waals surface area contributed by atoms with Gasteiger partial charge in [0.1, 0.15) is 0 Å². The van der Waals surface area contributed by atoms with Crippen LogP contribution < -0.4 is 5.32 Å². The molecule has 0 heterocycles. The van der Waals surface area contributed by atoms with Gasteiger partial charge in [0, 0.05) is 20.9 Å². The Labute approximate surface area is 134 Å². The molecule has 2 aromatic carbocycles. The number of hydrogen-bond donors (Lipinski definition) is 1. The highest BCUT2D eigenvalue weighted by Crippen LogP contribution is 2.27. The Hall–Kier alpha value is -1.45. The molecule has 0 saturated heterocycles. The van der Waals surface area contributed by atoms with E-state index < -0.39 is 0 Å². The van der Waals surface area contributed by atoms with E-state index in [9.17, 15) is 4.79 Å². The van der Waals surface area contributed by atoms with Crippen LogP contribution in [-0.2, 0) is 0 Å². The number of amides is 1. The van der Waals surface area contributed by atoms with Gasteiger partial charge < -0.3 is 5.32 Å². The summed E-state index contributed by atoms with van der Waals surface area (Å²) in [5, 5.41) is 4.05. The maximum atomic E-state index is 12.5. The van der Waals surface area contributed by atoms with Gasteiger partial charge in [-0.05, 0) is 42.8 Å². The van der Waals surface area contributed by atoms with Crippen molar-refractivity contribution in [1.82, 2.24) is 0 Å². The molecule has 0 bridgehead atoms. The van der Waals surface area contributed by atoms with Crippen LogP contribution in [0.2, 0.25) is 5.02 Å². The highest BCUT2D eigenvalue weighted by Gasteiger charge is 2.13. The molecular weight excluding hydrogens is 302 g/mol. The number of halogens is 1. The molecule has 0 fully saturated rings. The number of benzene rings is 2. The number of hydrogen-bond acceptors (Lipinski definition) is 2. The first-order chi connectivity index (χ1) is 9.97. The predicted molar refractivity (Wildman–Crippen MR) is 91.6 cm³/mol. The van der Waals surface area contributed by atoms with Crippen LogP contribution in [0.1, 0.15) is 29.8 Å². The molecule has 1 N–H and O–H groups in total. The topological polar surface area (TPSA) is 29.1 Å². The normalized spacial score (nSPS) is 10.7. The molecule has 0 spiro atoms. The molecule has 0 unspecified atom stereocenters. The molecule has 0 aromatic heterocycles. The van der Waals surface area contributed by atoms with E-state index in [-0.39, 0.29) is 5.91 Å². The molecule has 21 heavy (non-hydrogen) atoms.